The summed E-state index contributed by atoms with van der Waals surface area (Å²) in [6.07, 6.45) is -4.09. The van der Waals surface area contributed by atoms with Crippen LogP contribution in [0.1, 0.15) is 44.2 Å². The largest absolute Gasteiger partial charge is 0.391 e. The zero-order valence-electron chi connectivity index (χ0n) is 16.4. The molecule has 0 unspecified atom stereocenters. The van der Waals surface area contributed by atoms with Gasteiger partial charge >= 0.3 is 12.2 Å². The van der Waals surface area contributed by atoms with E-state index in [0.29, 0.717) is 0 Å². The zero-order valence-corrected chi connectivity index (χ0v) is 16.4. The molecule has 0 spiro atoms. The van der Waals surface area contributed by atoms with Crippen LogP contribution >= 0.6 is 0 Å². The van der Waals surface area contributed by atoms with Crippen LogP contribution in [0.25, 0.3) is 0 Å². The first-order valence-corrected chi connectivity index (χ1v) is 9.94. The number of rotatable bonds is 3. The van der Waals surface area contributed by atoms with Gasteiger partial charge in [-0.1, -0.05) is 6.07 Å². The van der Waals surface area contributed by atoms with Crippen molar-refractivity contribution >= 4 is 11.9 Å². The van der Waals surface area contributed by atoms with E-state index in [1.165, 1.54) is 11.0 Å². The minimum Gasteiger partial charge on any atom is -0.353 e. The molecule has 0 aromatic heterocycles. The maximum Gasteiger partial charge on any atom is 0.391 e. The van der Waals surface area contributed by atoms with Gasteiger partial charge in [0.05, 0.1) is 12.0 Å². The van der Waals surface area contributed by atoms with Crippen molar-refractivity contribution in [2.24, 2.45) is 11.8 Å². The van der Waals surface area contributed by atoms with E-state index in [9.17, 15) is 31.5 Å². The Labute approximate surface area is 171 Å². The number of urea groups is 1. The van der Waals surface area contributed by atoms with Crippen LogP contribution in [-0.2, 0) is 4.79 Å². The van der Waals surface area contributed by atoms with Gasteiger partial charge in [0.1, 0.15) is 6.04 Å². The molecule has 0 radical (unpaired) electrons. The number of piperazine rings is 1. The van der Waals surface area contributed by atoms with E-state index in [0.717, 1.165) is 12.1 Å². The molecule has 3 amide bonds. The minimum atomic E-state index is -4.28. The molecule has 1 saturated carbocycles. The van der Waals surface area contributed by atoms with Gasteiger partial charge in [-0.15, -0.1) is 0 Å². The Balaban J connectivity index is 1.80. The van der Waals surface area contributed by atoms with Crippen molar-refractivity contribution in [3.63, 3.8) is 0 Å². The molecule has 3 rings (SSSR count). The topological polar surface area (TPSA) is 61.4 Å². The molecule has 1 heterocycles. The fourth-order valence-electron chi connectivity index (χ4n) is 4.23. The van der Waals surface area contributed by atoms with Gasteiger partial charge in [-0.2, -0.15) is 13.2 Å². The Morgan fingerprint density at radius 1 is 1.17 bits per heavy atom. The van der Waals surface area contributed by atoms with Crippen LogP contribution in [0.4, 0.5) is 26.7 Å². The van der Waals surface area contributed by atoms with Gasteiger partial charge in [-0.25, -0.2) is 13.6 Å². The number of nitrogens with zero attached hydrogens (tertiary/aromatic N) is 1. The Morgan fingerprint density at radius 3 is 2.43 bits per heavy atom. The second-order valence-electron chi connectivity index (χ2n) is 7.91. The molecule has 10 heteroatoms. The number of amides is 3. The molecule has 1 aliphatic carbocycles. The first-order valence-electron chi connectivity index (χ1n) is 9.94. The maximum absolute atomic E-state index is 13.8. The van der Waals surface area contributed by atoms with Crippen molar-refractivity contribution in [1.29, 1.82) is 0 Å². The molecular weight excluding hydrogens is 409 g/mol. The van der Waals surface area contributed by atoms with Gasteiger partial charge in [0.25, 0.3) is 0 Å². The lowest BCUT2D eigenvalue weighted by Gasteiger charge is -2.38. The van der Waals surface area contributed by atoms with E-state index in [2.05, 4.69) is 10.6 Å². The minimum absolute atomic E-state index is 0.0905. The Kier molecular flexibility index (Phi) is 6.52. The van der Waals surface area contributed by atoms with E-state index >= 15 is 0 Å². The summed E-state index contributed by atoms with van der Waals surface area (Å²) in [7, 11) is 0. The van der Waals surface area contributed by atoms with Crippen LogP contribution in [0.5, 0.6) is 0 Å². The molecule has 1 aromatic carbocycles. The fourth-order valence-corrected chi connectivity index (χ4v) is 4.23. The van der Waals surface area contributed by atoms with Gasteiger partial charge in [0.15, 0.2) is 11.6 Å². The van der Waals surface area contributed by atoms with Crippen LogP contribution in [-0.4, -0.2) is 42.1 Å². The molecule has 2 aliphatic rings. The van der Waals surface area contributed by atoms with E-state index in [1.807, 2.05) is 0 Å². The van der Waals surface area contributed by atoms with Crippen LogP contribution in [0.3, 0.4) is 0 Å². The van der Waals surface area contributed by atoms with Crippen LogP contribution < -0.4 is 10.6 Å². The van der Waals surface area contributed by atoms with Gasteiger partial charge in [0, 0.05) is 13.1 Å². The smallest absolute Gasteiger partial charge is 0.353 e. The van der Waals surface area contributed by atoms with Crippen LogP contribution in [0.15, 0.2) is 18.2 Å². The number of carbonyl (C=O) groups excluding carboxylic acids is 2. The number of carbonyl (C=O) groups is 2. The highest BCUT2D eigenvalue weighted by Crippen LogP contribution is 2.43. The molecule has 1 aliphatic heterocycles. The summed E-state index contributed by atoms with van der Waals surface area (Å²) >= 11 is 0. The van der Waals surface area contributed by atoms with Crippen molar-refractivity contribution in [3.05, 3.63) is 35.4 Å². The van der Waals surface area contributed by atoms with Gasteiger partial charge in [0.2, 0.25) is 5.91 Å². The summed E-state index contributed by atoms with van der Waals surface area (Å²) in [6.45, 7) is 2.11. The number of benzene rings is 1. The molecule has 1 aromatic rings. The molecule has 0 bridgehead atoms. The number of nitrogens with one attached hydrogen (secondary N) is 2. The average Bonchev–Trinajstić information content (AvgIpc) is 2.69. The Morgan fingerprint density at radius 2 is 1.83 bits per heavy atom. The predicted octanol–water partition coefficient (Wildman–Crippen LogP) is 3.90. The summed E-state index contributed by atoms with van der Waals surface area (Å²) in [6, 6.07) is 1.14. The zero-order chi connectivity index (χ0) is 22.1. The Bertz CT molecular complexity index is 793. The lowest BCUT2D eigenvalue weighted by Crippen LogP contribution is -2.58. The third-order valence-electron chi connectivity index (χ3n) is 6.05. The van der Waals surface area contributed by atoms with Crippen LogP contribution in [0.2, 0.25) is 0 Å². The number of hydrogen-bond acceptors (Lipinski definition) is 2. The molecule has 1 saturated heterocycles. The van der Waals surface area contributed by atoms with Gasteiger partial charge < -0.3 is 15.5 Å². The predicted molar refractivity (Wildman–Crippen MR) is 98.3 cm³/mol. The lowest BCUT2D eigenvalue weighted by atomic mass is 9.76. The number of halogens is 5. The van der Waals surface area contributed by atoms with E-state index in [-0.39, 0.29) is 56.2 Å². The van der Waals surface area contributed by atoms with Crippen molar-refractivity contribution < 1.29 is 31.5 Å². The highest BCUT2D eigenvalue weighted by atomic mass is 19.4. The van der Waals surface area contributed by atoms with E-state index in [1.54, 1.807) is 6.92 Å². The highest BCUT2D eigenvalue weighted by Gasteiger charge is 2.43. The number of hydrogen-bond donors (Lipinski definition) is 2. The molecule has 166 valence electrons. The quantitative estimate of drug-likeness (QED) is 0.711. The highest BCUT2D eigenvalue weighted by molar-refractivity contribution is 5.88. The van der Waals surface area contributed by atoms with Crippen molar-refractivity contribution in [2.45, 2.75) is 50.9 Å². The molecule has 2 atom stereocenters. The summed E-state index contributed by atoms with van der Waals surface area (Å²) in [5.41, 5.74) is 0.284. The second kappa shape index (κ2) is 8.77. The first-order chi connectivity index (χ1) is 14.1. The van der Waals surface area contributed by atoms with Crippen LogP contribution in [0, 0.1) is 23.5 Å². The normalized spacial score (nSPS) is 26.1. The van der Waals surface area contributed by atoms with E-state index in [4.69, 9.17) is 0 Å². The van der Waals surface area contributed by atoms with E-state index < -0.39 is 41.8 Å². The first kappa shape index (κ1) is 22.3. The second-order valence-corrected chi connectivity index (χ2v) is 7.91. The SMILES string of the molecule is C[C@@H]1C(=O)NCCN1C(=O)N[C@H](c1ccc(F)c(F)c1)C1CCC(C(F)(F)F)CC1. The summed E-state index contributed by atoms with van der Waals surface area (Å²) < 4.78 is 66.3. The summed E-state index contributed by atoms with van der Waals surface area (Å²) in [4.78, 5) is 26.0. The lowest BCUT2D eigenvalue weighted by molar-refractivity contribution is -0.184. The molecule has 30 heavy (non-hydrogen) atoms. The molecule has 5 nitrogen and oxygen atoms in total. The third kappa shape index (κ3) is 4.84. The fraction of sp³-hybridized carbons (Fsp3) is 0.600. The van der Waals surface area contributed by atoms with Crippen molar-refractivity contribution in [3.8, 4) is 0 Å². The Hall–Kier alpha value is -2.39. The average molecular weight is 433 g/mol. The van der Waals surface area contributed by atoms with Crippen molar-refractivity contribution in [2.75, 3.05) is 13.1 Å². The monoisotopic (exact) mass is 433 g/mol. The molecular formula is C20H24F5N3O2. The number of alkyl halides is 3. The van der Waals surface area contributed by atoms with Gasteiger partial charge in [-0.05, 0) is 56.2 Å². The maximum atomic E-state index is 13.8. The third-order valence-corrected chi connectivity index (χ3v) is 6.05. The summed E-state index contributed by atoms with van der Waals surface area (Å²) in [5, 5.41) is 5.40. The summed E-state index contributed by atoms with van der Waals surface area (Å²) in [5.74, 6) is -4.23. The molecule has 2 fully saturated rings. The molecule has 2 N–H and O–H groups in total. The van der Waals surface area contributed by atoms with Gasteiger partial charge in [-0.3, -0.25) is 4.79 Å². The standard InChI is InChI=1S/C20H24F5N3O2/c1-11-18(29)26-8-9-28(11)19(30)27-17(13-4-7-15(21)16(22)10-13)12-2-5-14(6-3-12)20(23,24)25/h4,7,10-12,14,17H,2-3,5-6,8-9H2,1H3,(H,26,29)(H,27,30)/t11-,12?,14?,17+/m1/s1. The van der Waals surface area contributed by atoms with Crippen molar-refractivity contribution in [1.82, 2.24) is 15.5 Å².